The number of hydrogen-bond donors (Lipinski definition) is 0. The zero-order valence-electron chi connectivity index (χ0n) is 10.5. The summed E-state index contributed by atoms with van der Waals surface area (Å²) in [5.74, 6) is 0.148. The lowest BCUT2D eigenvalue weighted by Crippen LogP contribution is -2.02. The molecule has 1 unspecified atom stereocenters. The molecule has 0 radical (unpaired) electrons. The standard InChI is InChI=1S/C15H14ClFOS/c1-11-5-7-12(8-6-11)9-19(18)10-13-14(16)3-2-4-15(13)17/h2-8H,9-10H2,1H3. The Morgan fingerprint density at radius 2 is 1.79 bits per heavy atom. The van der Waals surface area contributed by atoms with Crippen LogP contribution in [0.15, 0.2) is 42.5 Å². The topological polar surface area (TPSA) is 17.1 Å². The van der Waals surface area contributed by atoms with Gasteiger partial charge in [-0.15, -0.1) is 0 Å². The van der Waals surface area contributed by atoms with Crippen molar-refractivity contribution < 1.29 is 8.60 Å². The van der Waals surface area contributed by atoms with Gasteiger partial charge in [0.25, 0.3) is 0 Å². The molecule has 19 heavy (non-hydrogen) atoms. The van der Waals surface area contributed by atoms with E-state index >= 15 is 0 Å². The van der Waals surface area contributed by atoms with Crippen LogP contribution < -0.4 is 0 Å². The van der Waals surface area contributed by atoms with Crippen LogP contribution in [0.3, 0.4) is 0 Å². The van der Waals surface area contributed by atoms with Crippen molar-refractivity contribution in [2.24, 2.45) is 0 Å². The van der Waals surface area contributed by atoms with Crippen molar-refractivity contribution in [3.05, 3.63) is 70.0 Å². The van der Waals surface area contributed by atoms with E-state index in [1.807, 2.05) is 31.2 Å². The fourth-order valence-corrected chi connectivity index (χ4v) is 3.34. The number of aryl methyl sites for hydroxylation is 1. The van der Waals surface area contributed by atoms with E-state index in [9.17, 15) is 8.60 Å². The molecule has 0 bridgehead atoms. The molecule has 1 nitrogen and oxygen atoms in total. The molecule has 2 aromatic carbocycles. The first kappa shape index (κ1) is 14.2. The summed E-state index contributed by atoms with van der Waals surface area (Å²) in [4.78, 5) is 0. The molecule has 0 N–H and O–H groups in total. The maximum atomic E-state index is 13.6. The van der Waals surface area contributed by atoms with Gasteiger partial charge >= 0.3 is 0 Å². The van der Waals surface area contributed by atoms with Gasteiger partial charge in [0.15, 0.2) is 0 Å². The normalized spacial score (nSPS) is 12.4. The van der Waals surface area contributed by atoms with Crippen molar-refractivity contribution in [2.45, 2.75) is 18.4 Å². The summed E-state index contributed by atoms with van der Waals surface area (Å²) in [6, 6.07) is 12.3. The largest absolute Gasteiger partial charge is 0.259 e. The number of benzene rings is 2. The number of halogens is 2. The van der Waals surface area contributed by atoms with Crippen LogP contribution >= 0.6 is 11.6 Å². The Kier molecular flexibility index (Phi) is 4.72. The van der Waals surface area contributed by atoms with Gasteiger partial charge in [-0.3, -0.25) is 4.21 Å². The van der Waals surface area contributed by atoms with Gasteiger partial charge in [-0.05, 0) is 24.6 Å². The smallest absolute Gasteiger partial charge is 0.128 e. The molecule has 2 rings (SSSR count). The summed E-state index contributed by atoms with van der Waals surface area (Å²) >= 11 is 5.92. The predicted molar refractivity (Wildman–Crippen MR) is 78.1 cm³/mol. The Morgan fingerprint density at radius 3 is 2.42 bits per heavy atom. The fourth-order valence-electron chi connectivity index (χ4n) is 1.75. The van der Waals surface area contributed by atoms with Crippen molar-refractivity contribution in [3.63, 3.8) is 0 Å². The van der Waals surface area contributed by atoms with E-state index in [-0.39, 0.29) is 5.75 Å². The number of rotatable bonds is 4. The second kappa shape index (κ2) is 6.31. The lowest BCUT2D eigenvalue weighted by molar-refractivity contribution is 0.615. The predicted octanol–water partition coefficient (Wildman–Crippen LogP) is 4.24. The third-order valence-corrected chi connectivity index (χ3v) is 4.44. The van der Waals surface area contributed by atoms with Crippen molar-refractivity contribution in [3.8, 4) is 0 Å². The van der Waals surface area contributed by atoms with Gasteiger partial charge in [-0.25, -0.2) is 4.39 Å². The number of hydrogen-bond acceptors (Lipinski definition) is 1. The highest BCUT2D eigenvalue weighted by Gasteiger charge is 2.11. The van der Waals surface area contributed by atoms with Gasteiger partial charge < -0.3 is 0 Å². The molecule has 4 heteroatoms. The molecule has 0 aliphatic carbocycles. The highest BCUT2D eigenvalue weighted by atomic mass is 35.5. The van der Waals surface area contributed by atoms with E-state index in [1.165, 1.54) is 6.07 Å². The van der Waals surface area contributed by atoms with Gasteiger partial charge in [0.1, 0.15) is 5.82 Å². The molecule has 0 aliphatic rings. The van der Waals surface area contributed by atoms with Gasteiger partial charge in [-0.1, -0.05) is 47.5 Å². The molecule has 0 aliphatic heterocycles. The maximum absolute atomic E-state index is 13.6. The Morgan fingerprint density at radius 1 is 1.11 bits per heavy atom. The minimum Gasteiger partial charge on any atom is -0.259 e. The van der Waals surface area contributed by atoms with E-state index in [2.05, 4.69) is 0 Å². The van der Waals surface area contributed by atoms with Crippen LogP contribution in [0.5, 0.6) is 0 Å². The summed E-state index contributed by atoms with van der Waals surface area (Å²) in [6.07, 6.45) is 0. The summed E-state index contributed by atoms with van der Waals surface area (Å²) in [5, 5.41) is 0.331. The molecule has 0 heterocycles. The van der Waals surface area contributed by atoms with Gasteiger partial charge in [0.2, 0.25) is 0 Å². The minimum absolute atomic E-state index is 0.138. The Hall–Kier alpha value is -1.19. The molecule has 1 atom stereocenters. The molecule has 100 valence electrons. The third kappa shape index (κ3) is 3.88. The van der Waals surface area contributed by atoms with Crippen LogP contribution in [-0.4, -0.2) is 4.21 Å². The fraction of sp³-hybridized carbons (Fsp3) is 0.200. The van der Waals surface area contributed by atoms with Gasteiger partial charge in [0, 0.05) is 27.1 Å². The van der Waals surface area contributed by atoms with Crippen LogP contribution in [-0.2, 0) is 22.3 Å². The van der Waals surface area contributed by atoms with E-state index in [1.54, 1.807) is 12.1 Å². The van der Waals surface area contributed by atoms with Crippen molar-refractivity contribution in [1.82, 2.24) is 0 Å². The van der Waals surface area contributed by atoms with Crippen LogP contribution in [0.25, 0.3) is 0 Å². The van der Waals surface area contributed by atoms with E-state index < -0.39 is 16.6 Å². The SMILES string of the molecule is Cc1ccc(CS(=O)Cc2c(F)cccc2Cl)cc1. The monoisotopic (exact) mass is 296 g/mol. The first-order valence-electron chi connectivity index (χ1n) is 5.89. The zero-order valence-corrected chi connectivity index (χ0v) is 12.1. The first-order chi connectivity index (χ1) is 9.06. The highest BCUT2D eigenvalue weighted by Crippen LogP contribution is 2.21. The molecule has 0 amide bonds. The molecular weight excluding hydrogens is 283 g/mol. The Bertz CT molecular complexity index is 575. The van der Waals surface area contributed by atoms with Crippen molar-refractivity contribution in [1.29, 1.82) is 0 Å². The lowest BCUT2D eigenvalue weighted by Gasteiger charge is -2.06. The average Bonchev–Trinajstić information content (AvgIpc) is 2.37. The van der Waals surface area contributed by atoms with Crippen LogP contribution in [0.4, 0.5) is 4.39 Å². The summed E-state index contributed by atoms with van der Waals surface area (Å²) in [5.41, 5.74) is 2.47. The van der Waals surface area contributed by atoms with E-state index in [0.29, 0.717) is 16.3 Å². The van der Waals surface area contributed by atoms with Crippen molar-refractivity contribution in [2.75, 3.05) is 0 Å². The van der Waals surface area contributed by atoms with Crippen LogP contribution in [0.1, 0.15) is 16.7 Å². The van der Waals surface area contributed by atoms with Gasteiger partial charge in [-0.2, -0.15) is 0 Å². The van der Waals surface area contributed by atoms with Crippen LogP contribution in [0, 0.1) is 12.7 Å². The second-order valence-electron chi connectivity index (χ2n) is 4.41. The lowest BCUT2D eigenvalue weighted by atomic mass is 10.2. The Balaban J connectivity index is 2.07. The molecule has 0 fully saturated rings. The molecule has 0 aromatic heterocycles. The molecule has 0 spiro atoms. The van der Waals surface area contributed by atoms with E-state index in [4.69, 9.17) is 11.6 Å². The van der Waals surface area contributed by atoms with Crippen molar-refractivity contribution >= 4 is 22.4 Å². The average molecular weight is 297 g/mol. The molecule has 0 saturated carbocycles. The highest BCUT2D eigenvalue weighted by molar-refractivity contribution is 7.83. The minimum atomic E-state index is -1.17. The van der Waals surface area contributed by atoms with Gasteiger partial charge in [0.05, 0.1) is 5.75 Å². The van der Waals surface area contributed by atoms with Crippen LogP contribution in [0.2, 0.25) is 5.02 Å². The quantitative estimate of drug-likeness (QED) is 0.825. The summed E-state index contributed by atoms with van der Waals surface area (Å²) in [7, 11) is -1.17. The third-order valence-electron chi connectivity index (χ3n) is 2.82. The Labute approximate surface area is 119 Å². The molecule has 2 aromatic rings. The maximum Gasteiger partial charge on any atom is 0.128 e. The summed E-state index contributed by atoms with van der Waals surface area (Å²) < 4.78 is 25.6. The zero-order chi connectivity index (χ0) is 13.8. The van der Waals surface area contributed by atoms with E-state index in [0.717, 1.165) is 11.1 Å². The molecule has 0 saturated heterocycles. The second-order valence-corrected chi connectivity index (χ2v) is 6.28. The summed E-state index contributed by atoms with van der Waals surface area (Å²) in [6.45, 7) is 2.00. The first-order valence-corrected chi connectivity index (χ1v) is 7.76. The molecular formula is C15H14ClFOS.